The third kappa shape index (κ3) is 2.88. The third-order valence-corrected chi connectivity index (χ3v) is 4.93. The highest BCUT2D eigenvalue weighted by Gasteiger charge is 2.29. The van der Waals surface area contributed by atoms with E-state index in [1.165, 1.54) is 0 Å². The standard InChI is InChI=1S/C15H21N3S/c1-15(17-2)7-9-18(10-8-15)13-5-4-6-14(19-3)12(13)11-16/h4-6,17H,7-10H2,1-3H3. The van der Waals surface area contributed by atoms with Crippen LogP contribution in [0.3, 0.4) is 0 Å². The molecule has 0 aromatic heterocycles. The Morgan fingerprint density at radius 1 is 1.37 bits per heavy atom. The van der Waals surface area contributed by atoms with Gasteiger partial charge in [-0.15, -0.1) is 11.8 Å². The number of benzene rings is 1. The van der Waals surface area contributed by atoms with Crippen molar-refractivity contribution in [3.05, 3.63) is 23.8 Å². The molecule has 3 nitrogen and oxygen atoms in total. The van der Waals surface area contributed by atoms with E-state index in [4.69, 9.17) is 0 Å². The Bertz CT molecular complexity index is 485. The molecule has 1 aliphatic heterocycles. The highest BCUT2D eigenvalue weighted by Crippen LogP contribution is 2.32. The van der Waals surface area contributed by atoms with Crippen molar-refractivity contribution in [2.24, 2.45) is 0 Å². The van der Waals surface area contributed by atoms with Crippen LogP contribution >= 0.6 is 11.8 Å². The van der Waals surface area contributed by atoms with Gasteiger partial charge < -0.3 is 10.2 Å². The fourth-order valence-corrected chi connectivity index (χ4v) is 3.13. The van der Waals surface area contributed by atoms with Gasteiger partial charge in [0, 0.05) is 23.5 Å². The van der Waals surface area contributed by atoms with Crippen molar-refractivity contribution >= 4 is 17.4 Å². The molecule has 1 aromatic carbocycles. The molecule has 4 heteroatoms. The summed E-state index contributed by atoms with van der Waals surface area (Å²) in [5.74, 6) is 0. The van der Waals surface area contributed by atoms with Gasteiger partial charge in [0.05, 0.1) is 11.3 Å². The Balaban J connectivity index is 2.23. The number of rotatable bonds is 3. The number of hydrogen-bond donors (Lipinski definition) is 1. The van der Waals surface area contributed by atoms with Crippen molar-refractivity contribution in [1.29, 1.82) is 5.26 Å². The first-order valence-corrected chi connectivity index (χ1v) is 7.87. The van der Waals surface area contributed by atoms with Gasteiger partial charge in [-0.1, -0.05) is 6.07 Å². The average Bonchev–Trinajstić information content (AvgIpc) is 2.47. The first-order valence-electron chi connectivity index (χ1n) is 6.64. The number of nitrogens with one attached hydrogen (secondary N) is 1. The summed E-state index contributed by atoms with van der Waals surface area (Å²) in [6, 6.07) is 8.51. The molecule has 102 valence electrons. The Morgan fingerprint density at radius 2 is 2.05 bits per heavy atom. The minimum absolute atomic E-state index is 0.237. The average molecular weight is 275 g/mol. The van der Waals surface area contributed by atoms with Crippen molar-refractivity contribution < 1.29 is 0 Å². The van der Waals surface area contributed by atoms with Gasteiger partial charge in [-0.3, -0.25) is 0 Å². The zero-order chi connectivity index (χ0) is 13.9. The van der Waals surface area contributed by atoms with Crippen LogP contribution < -0.4 is 10.2 Å². The van der Waals surface area contributed by atoms with Gasteiger partial charge in [0.1, 0.15) is 6.07 Å². The van der Waals surface area contributed by atoms with Crippen molar-refractivity contribution in [3.63, 3.8) is 0 Å². The van der Waals surface area contributed by atoms with E-state index in [-0.39, 0.29) is 5.54 Å². The first kappa shape index (κ1) is 14.2. The Hall–Kier alpha value is -1.18. The number of hydrogen-bond acceptors (Lipinski definition) is 4. The quantitative estimate of drug-likeness (QED) is 0.861. The van der Waals surface area contributed by atoms with Crippen molar-refractivity contribution in [2.45, 2.75) is 30.2 Å². The molecule has 1 heterocycles. The third-order valence-electron chi connectivity index (χ3n) is 4.15. The highest BCUT2D eigenvalue weighted by atomic mass is 32.2. The molecule has 0 spiro atoms. The van der Waals surface area contributed by atoms with Crippen molar-refractivity contribution in [3.8, 4) is 6.07 Å². The van der Waals surface area contributed by atoms with Gasteiger partial charge in [0.15, 0.2) is 0 Å². The molecule has 1 aliphatic rings. The summed E-state index contributed by atoms with van der Waals surface area (Å²) < 4.78 is 0. The Kier molecular flexibility index (Phi) is 4.38. The van der Waals surface area contributed by atoms with Crippen LogP contribution in [0.15, 0.2) is 23.1 Å². The molecular weight excluding hydrogens is 254 g/mol. The molecule has 0 saturated carbocycles. The molecule has 19 heavy (non-hydrogen) atoms. The van der Waals surface area contributed by atoms with Crippen LogP contribution in [0, 0.1) is 11.3 Å². The van der Waals surface area contributed by atoms with Crippen LogP contribution in [-0.4, -0.2) is 31.9 Å². The zero-order valence-electron chi connectivity index (χ0n) is 11.9. The van der Waals surface area contributed by atoms with Crippen LogP contribution in [0.2, 0.25) is 0 Å². The van der Waals surface area contributed by atoms with Gasteiger partial charge >= 0.3 is 0 Å². The molecule has 1 saturated heterocycles. The maximum atomic E-state index is 9.41. The van der Waals surface area contributed by atoms with E-state index >= 15 is 0 Å². The van der Waals surface area contributed by atoms with Gasteiger partial charge in [-0.05, 0) is 45.2 Å². The lowest BCUT2D eigenvalue weighted by Crippen LogP contribution is -2.50. The second-order valence-corrected chi connectivity index (χ2v) is 6.11. The summed E-state index contributed by atoms with van der Waals surface area (Å²) >= 11 is 1.64. The van der Waals surface area contributed by atoms with Crippen LogP contribution in [0.5, 0.6) is 0 Å². The van der Waals surface area contributed by atoms with Crippen LogP contribution in [0.25, 0.3) is 0 Å². The molecule has 0 atom stereocenters. The molecule has 0 bridgehead atoms. The number of thioether (sulfide) groups is 1. The van der Waals surface area contributed by atoms with Gasteiger partial charge in [-0.2, -0.15) is 5.26 Å². The molecule has 0 radical (unpaired) electrons. The lowest BCUT2D eigenvalue weighted by molar-refractivity contribution is 0.305. The smallest absolute Gasteiger partial charge is 0.103 e. The minimum atomic E-state index is 0.237. The van der Waals surface area contributed by atoms with Gasteiger partial charge in [0.2, 0.25) is 0 Å². The van der Waals surface area contributed by atoms with E-state index in [0.717, 1.165) is 42.1 Å². The Morgan fingerprint density at radius 3 is 2.58 bits per heavy atom. The number of nitriles is 1. The molecular formula is C15H21N3S. The van der Waals surface area contributed by atoms with E-state index in [0.29, 0.717) is 0 Å². The maximum Gasteiger partial charge on any atom is 0.103 e. The van der Waals surface area contributed by atoms with E-state index < -0.39 is 0 Å². The summed E-state index contributed by atoms with van der Waals surface area (Å²) in [6.07, 6.45) is 4.24. The second kappa shape index (κ2) is 5.85. The van der Waals surface area contributed by atoms with Crippen molar-refractivity contribution in [2.75, 3.05) is 31.3 Å². The van der Waals surface area contributed by atoms with E-state index in [9.17, 15) is 5.26 Å². The first-order chi connectivity index (χ1) is 9.13. The summed E-state index contributed by atoms with van der Waals surface area (Å²) in [6.45, 7) is 4.28. The fraction of sp³-hybridized carbons (Fsp3) is 0.533. The van der Waals surface area contributed by atoms with Gasteiger partial charge in [-0.25, -0.2) is 0 Å². The summed E-state index contributed by atoms with van der Waals surface area (Å²) in [5, 5.41) is 12.8. The molecule has 1 aromatic rings. The van der Waals surface area contributed by atoms with Crippen LogP contribution in [-0.2, 0) is 0 Å². The monoisotopic (exact) mass is 275 g/mol. The SMILES string of the molecule is CNC1(C)CCN(c2cccc(SC)c2C#N)CC1. The van der Waals surface area contributed by atoms with Crippen molar-refractivity contribution in [1.82, 2.24) is 5.32 Å². The highest BCUT2D eigenvalue weighted by molar-refractivity contribution is 7.98. The van der Waals surface area contributed by atoms with E-state index in [1.54, 1.807) is 11.8 Å². The van der Waals surface area contributed by atoms with Crippen LogP contribution in [0.4, 0.5) is 5.69 Å². The normalized spacial score (nSPS) is 18.1. The molecule has 1 N–H and O–H groups in total. The topological polar surface area (TPSA) is 39.1 Å². The molecule has 0 aliphatic carbocycles. The number of piperidine rings is 1. The molecule has 2 rings (SSSR count). The van der Waals surface area contributed by atoms with Crippen LogP contribution in [0.1, 0.15) is 25.3 Å². The summed E-state index contributed by atoms with van der Waals surface area (Å²) in [7, 11) is 2.03. The summed E-state index contributed by atoms with van der Waals surface area (Å²) in [4.78, 5) is 3.42. The molecule has 0 amide bonds. The van der Waals surface area contributed by atoms with Gasteiger partial charge in [0.25, 0.3) is 0 Å². The largest absolute Gasteiger partial charge is 0.370 e. The van der Waals surface area contributed by atoms with E-state index in [2.05, 4.69) is 29.3 Å². The Labute approximate surface area is 120 Å². The summed E-state index contributed by atoms with van der Waals surface area (Å²) in [5.41, 5.74) is 2.15. The minimum Gasteiger partial charge on any atom is -0.370 e. The predicted octanol–water partition coefficient (Wildman–Crippen LogP) is 2.86. The second-order valence-electron chi connectivity index (χ2n) is 5.26. The molecule has 1 fully saturated rings. The number of nitrogens with zero attached hydrogens (tertiary/aromatic N) is 2. The zero-order valence-corrected chi connectivity index (χ0v) is 12.7. The predicted molar refractivity (Wildman–Crippen MR) is 81.8 cm³/mol. The lowest BCUT2D eigenvalue weighted by Gasteiger charge is -2.40. The fourth-order valence-electron chi connectivity index (χ4n) is 2.56. The number of anilines is 1. The maximum absolute atomic E-state index is 9.41. The molecule has 0 unspecified atom stereocenters. The van der Waals surface area contributed by atoms with E-state index in [1.807, 2.05) is 25.4 Å². The lowest BCUT2D eigenvalue weighted by atomic mass is 9.89.